The SMILES string of the molecule is CC/C(=N\N=C(/C)c1cccc(Cl)n1)OCc1c(C)cccc1-n1nnn(C)c1=O. The molecule has 3 aromatic rings. The fraction of sp³-hybridized carbons (Fsp3) is 0.300. The van der Waals surface area contributed by atoms with Crippen molar-refractivity contribution in [3.05, 3.63) is 68.9 Å². The number of pyridine rings is 1. The van der Waals surface area contributed by atoms with E-state index in [-0.39, 0.29) is 12.3 Å². The molecule has 0 saturated carbocycles. The summed E-state index contributed by atoms with van der Waals surface area (Å²) in [6.07, 6.45) is 0.548. The van der Waals surface area contributed by atoms with Gasteiger partial charge in [-0.05, 0) is 48.0 Å². The molecule has 0 atom stereocenters. The molecular weight excluding hydrogens is 406 g/mol. The third-order valence-corrected chi connectivity index (χ3v) is 4.63. The molecule has 0 N–H and O–H groups in total. The first-order valence-electron chi connectivity index (χ1n) is 9.35. The summed E-state index contributed by atoms with van der Waals surface area (Å²) in [6.45, 7) is 5.88. The molecular formula is C20H22ClN7O2. The van der Waals surface area contributed by atoms with Crippen LogP contribution >= 0.6 is 11.6 Å². The van der Waals surface area contributed by atoms with Gasteiger partial charge in [-0.1, -0.05) is 36.7 Å². The lowest BCUT2D eigenvalue weighted by Gasteiger charge is -2.13. The van der Waals surface area contributed by atoms with Crippen LogP contribution in [0, 0.1) is 6.92 Å². The molecule has 3 rings (SSSR count). The average molecular weight is 428 g/mol. The molecule has 1 aromatic carbocycles. The first-order chi connectivity index (χ1) is 14.4. The maximum atomic E-state index is 12.3. The number of rotatable bonds is 6. The van der Waals surface area contributed by atoms with Crippen LogP contribution in [0.4, 0.5) is 0 Å². The predicted molar refractivity (Wildman–Crippen MR) is 115 cm³/mol. The van der Waals surface area contributed by atoms with Crippen LogP contribution in [-0.4, -0.2) is 36.4 Å². The van der Waals surface area contributed by atoms with Crippen molar-refractivity contribution in [2.24, 2.45) is 17.3 Å². The van der Waals surface area contributed by atoms with E-state index in [2.05, 4.69) is 25.6 Å². The summed E-state index contributed by atoms with van der Waals surface area (Å²) >= 11 is 5.93. The predicted octanol–water partition coefficient (Wildman–Crippen LogP) is 3.07. The van der Waals surface area contributed by atoms with Crippen molar-refractivity contribution in [3.8, 4) is 5.69 Å². The Morgan fingerprint density at radius 1 is 1.17 bits per heavy atom. The van der Waals surface area contributed by atoms with E-state index in [4.69, 9.17) is 16.3 Å². The van der Waals surface area contributed by atoms with Crippen LogP contribution in [0.1, 0.15) is 37.1 Å². The van der Waals surface area contributed by atoms with Crippen LogP contribution in [0.5, 0.6) is 0 Å². The standard InChI is InChI=1S/C20H22ClN7O2/c1-5-19(24-23-14(3)16-9-7-11-18(21)22-16)30-12-15-13(2)8-6-10-17(15)28-20(29)27(4)25-26-28/h6-11H,5,12H2,1-4H3/b23-14+,24-19+. The van der Waals surface area contributed by atoms with Crippen LogP contribution in [0.15, 0.2) is 51.4 Å². The van der Waals surface area contributed by atoms with E-state index in [1.165, 1.54) is 9.36 Å². The van der Waals surface area contributed by atoms with Gasteiger partial charge in [0.1, 0.15) is 11.8 Å². The van der Waals surface area contributed by atoms with E-state index in [9.17, 15) is 4.79 Å². The minimum Gasteiger partial charge on any atom is -0.475 e. The highest BCUT2D eigenvalue weighted by Crippen LogP contribution is 2.18. The van der Waals surface area contributed by atoms with Gasteiger partial charge in [0.05, 0.1) is 17.1 Å². The fourth-order valence-electron chi connectivity index (χ4n) is 2.69. The van der Waals surface area contributed by atoms with Crippen LogP contribution in [0.3, 0.4) is 0 Å². The number of aromatic nitrogens is 5. The molecule has 0 aliphatic rings. The van der Waals surface area contributed by atoms with Crippen molar-refractivity contribution >= 4 is 23.2 Å². The number of tetrazole rings is 1. The molecule has 0 amide bonds. The lowest BCUT2D eigenvalue weighted by Crippen LogP contribution is -2.23. The number of hydrogen-bond acceptors (Lipinski definition) is 7. The summed E-state index contributed by atoms with van der Waals surface area (Å²) in [5, 5.41) is 16.5. The number of benzene rings is 1. The minimum atomic E-state index is -0.333. The summed E-state index contributed by atoms with van der Waals surface area (Å²) < 4.78 is 8.33. The smallest absolute Gasteiger partial charge is 0.368 e. The maximum Gasteiger partial charge on any atom is 0.368 e. The Bertz CT molecular complexity index is 1160. The normalized spacial score (nSPS) is 12.3. The van der Waals surface area contributed by atoms with Crippen molar-refractivity contribution in [1.82, 2.24) is 24.8 Å². The van der Waals surface area contributed by atoms with Gasteiger partial charge in [-0.15, -0.1) is 5.10 Å². The molecule has 10 heteroatoms. The first kappa shape index (κ1) is 21.4. The summed E-state index contributed by atoms with van der Waals surface area (Å²) in [7, 11) is 1.55. The Hall–Kier alpha value is -3.33. The molecule has 0 unspecified atom stereocenters. The quantitative estimate of drug-likeness (QED) is 0.260. The van der Waals surface area contributed by atoms with Gasteiger partial charge in [-0.3, -0.25) is 0 Å². The van der Waals surface area contributed by atoms with E-state index < -0.39 is 0 Å². The number of halogens is 1. The molecule has 0 bridgehead atoms. The first-order valence-corrected chi connectivity index (χ1v) is 9.73. The number of ether oxygens (including phenoxy) is 1. The van der Waals surface area contributed by atoms with Gasteiger partial charge < -0.3 is 4.74 Å². The van der Waals surface area contributed by atoms with Crippen LogP contribution in [0.2, 0.25) is 5.15 Å². The van der Waals surface area contributed by atoms with E-state index in [0.717, 1.165) is 11.1 Å². The molecule has 156 valence electrons. The number of aryl methyl sites for hydroxylation is 2. The molecule has 0 saturated heterocycles. The second-order valence-electron chi connectivity index (χ2n) is 6.54. The monoisotopic (exact) mass is 427 g/mol. The Morgan fingerprint density at radius 3 is 2.60 bits per heavy atom. The lowest BCUT2D eigenvalue weighted by atomic mass is 10.1. The van der Waals surface area contributed by atoms with Crippen LogP contribution in [-0.2, 0) is 18.4 Å². The Balaban J connectivity index is 1.83. The third-order valence-electron chi connectivity index (χ3n) is 4.42. The van der Waals surface area contributed by atoms with E-state index in [1.54, 1.807) is 32.2 Å². The highest BCUT2D eigenvalue weighted by atomic mass is 35.5. The average Bonchev–Trinajstić information content (AvgIpc) is 3.07. The van der Waals surface area contributed by atoms with E-state index in [0.29, 0.717) is 34.6 Å². The van der Waals surface area contributed by atoms with Crippen molar-refractivity contribution < 1.29 is 4.74 Å². The summed E-state index contributed by atoms with van der Waals surface area (Å²) in [4.78, 5) is 16.5. The third kappa shape index (κ3) is 4.80. The number of hydrogen-bond donors (Lipinski definition) is 0. The molecule has 30 heavy (non-hydrogen) atoms. The largest absolute Gasteiger partial charge is 0.475 e. The van der Waals surface area contributed by atoms with Crippen molar-refractivity contribution in [3.63, 3.8) is 0 Å². The van der Waals surface area contributed by atoms with Crippen LogP contribution < -0.4 is 5.69 Å². The molecule has 2 heterocycles. The molecule has 9 nitrogen and oxygen atoms in total. The summed E-state index contributed by atoms with van der Waals surface area (Å²) in [5.41, 5.74) is 3.33. The Morgan fingerprint density at radius 2 is 1.93 bits per heavy atom. The van der Waals surface area contributed by atoms with Gasteiger partial charge >= 0.3 is 5.69 Å². The molecule has 0 fully saturated rings. The molecule has 2 aromatic heterocycles. The fourth-order valence-corrected chi connectivity index (χ4v) is 2.85. The highest BCUT2D eigenvalue weighted by Gasteiger charge is 2.14. The minimum absolute atomic E-state index is 0.210. The van der Waals surface area contributed by atoms with Gasteiger partial charge in [0.15, 0.2) is 0 Å². The zero-order valence-corrected chi connectivity index (χ0v) is 18.0. The van der Waals surface area contributed by atoms with Crippen molar-refractivity contribution in [2.45, 2.75) is 33.8 Å². The van der Waals surface area contributed by atoms with Gasteiger partial charge in [-0.2, -0.15) is 14.5 Å². The van der Waals surface area contributed by atoms with Gasteiger partial charge in [-0.25, -0.2) is 9.78 Å². The van der Waals surface area contributed by atoms with E-state index in [1.807, 2.05) is 32.0 Å². The van der Waals surface area contributed by atoms with Gasteiger partial charge in [0.25, 0.3) is 0 Å². The second kappa shape index (κ2) is 9.45. The van der Waals surface area contributed by atoms with Crippen LogP contribution in [0.25, 0.3) is 5.69 Å². The summed E-state index contributed by atoms with van der Waals surface area (Å²) in [6, 6.07) is 10.9. The molecule has 0 spiro atoms. The zero-order valence-electron chi connectivity index (χ0n) is 17.2. The molecule has 0 aliphatic carbocycles. The van der Waals surface area contributed by atoms with Crippen molar-refractivity contribution in [2.75, 3.05) is 0 Å². The number of nitrogens with zero attached hydrogens (tertiary/aromatic N) is 7. The topological polar surface area (TPSA) is 99.5 Å². The lowest BCUT2D eigenvalue weighted by molar-refractivity contribution is 0.282. The molecule has 0 aliphatic heterocycles. The van der Waals surface area contributed by atoms with Gasteiger partial charge in [0, 0.05) is 19.0 Å². The second-order valence-corrected chi connectivity index (χ2v) is 6.92. The highest BCUT2D eigenvalue weighted by molar-refractivity contribution is 6.29. The van der Waals surface area contributed by atoms with Gasteiger partial charge in [0.2, 0.25) is 5.90 Å². The summed E-state index contributed by atoms with van der Waals surface area (Å²) in [5.74, 6) is 0.456. The maximum absolute atomic E-state index is 12.3. The van der Waals surface area contributed by atoms with Crippen molar-refractivity contribution in [1.29, 1.82) is 0 Å². The zero-order chi connectivity index (χ0) is 21.7. The van der Waals surface area contributed by atoms with E-state index >= 15 is 0 Å². The molecule has 0 radical (unpaired) electrons. The Kier molecular flexibility index (Phi) is 6.73. The Labute approximate surface area is 178 Å².